The Bertz CT molecular complexity index is 642. The Morgan fingerprint density at radius 1 is 1.00 bits per heavy atom. The van der Waals surface area contributed by atoms with Crippen LogP contribution in [0.2, 0.25) is 0 Å². The molecular formula is C23H34N2O. The molecule has 1 heterocycles. The van der Waals surface area contributed by atoms with Crippen molar-refractivity contribution in [3.05, 3.63) is 42.2 Å². The highest BCUT2D eigenvalue weighted by Crippen LogP contribution is 2.27. The minimum absolute atomic E-state index is 0.757. The predicted molar refractivity (Wildman–Crippen MR) is 109 cm³/mol. The minimum Gasteiger partial charge on any atom is -0.493 e. The molecule has 0 saturated heterocycles. The third-order valence-corrected chi connectivity index (χ3v) is 4.92. The summed E-state index contributed by atoms with van der Waals surface area (Å²) >= 11 is 0. The van der Waals surface area contributed by atoms with Crippen molar-refractivity contribution in [1.82, 2.24) is 9.97 Å². The third-order valence-electron chi connectivity index (χ3n) is 4.92. The van der Waals surface area contributed by atoms with Crippen molar-refractivity contribution in [3.8, 4) is 17.1 Å². The van der Waals surface area contributed by atoms with Crippen molar-refractivity contribution in [3.63, 3.8) is 0 Å². The Labute approximate surface area is 159 Å². The van der Waals surface area contributed by atoms with Crippen LogP contribution in [-0.2, 0) is 6.42 Å². The van der Waals surface area contributed by atoms with Gasteiger partial charge >= 0.3 is 0 Å². The van der Waals surface area contributed by atoms with Crippen LogP contribution < -0.4 is 4.74 Å². The first kappa shape index (κ1) is 20.4. The molecule has 2 aromatic rings. The zero-order chi connectivity index (χ0) is 18.6. The Hall–Kier alpha value is -1.90. The van der Waals surface area contributed by atoms with Gasteiger partial charge in [0.05, 0.1) is 12.2 Å². The van der Waals surface area contributed by atoms with Crippen molar-refractivity contribution in [1.29, 1.82) is 0 Å². The van der Waals surface area contributed by atoms with Gasteiger partial charge in [-0.3, -0.25) is 0 Å². The predicted octanol–water partition coefficient (Wildman–Crippen LogP) is 6.47. The average molecular weight is 355 g/mol. The van der Waals surface area contributed by atoms with E-state index in [-0.39, 0.29) is 0 Å². The molecule has 0 N–H and O–H groups in total. The van der Waals surface area contributed by atoms with Gasteiger partial charge in [0.2, 0.25) is 0 Å². The lowest BCUT2D eigenvalue weighted by Crippen LogP contribution is -2.01. The third kappa shape index (κ3) is 6.78. The zero-order valence-electron chi connectivity index (χ0n) is 16.7. The standard InChI is InChI=1S/C23H34N2O/c1-4-6-13-20-16-17-24-23(25-20)21-14-9-10-15-22(21)26-18-11-7-8-12-19(3)5-2/h9-10,14-17,19H,4-8,11-13,18H2,1-3H3. The highest BCUT2D eigenvalue weighted by atomic mass is 16.5. The molecular weight excluding hydrogens is 320 g/mol. The molecule has 3 heteroatoms. The molecule has 1 aromatic heterocycles. The Morgan fingerprint density at radius 2 is 1.85 bits per heavy atom. The zero-order valence-corrected chi connectivity index (χ0v) is 16.7. The molecule has 0 aliphatic carbocycles. The summed E-state index contributed by atoms with van der Waals surface area (Å²) in [5.74, 6) is 2.50. The molecule has 0 amide bonds. The molecule has 0 radical (unpaired) electrons. The van der Waals surface area contributed by atoms with E-state index in [1.165, 1.54) is 32.1 Å². The van der Waals surface area contributed by atoms with E-state index in [0.717, 1.165) is 54.6 Å². The fourth-order valence-electron chi connectivity index (χ4n) is 2.96. The second-order valence-corrected chi connectivity index (χ2v) is 7.18. The molecule has 0 bridgehead atoms. The summed E-state index contributed by atoms with van der Waals surface area (Å²) in [6.07, 6.45) is 11.4. The largest absolute Gasteiger partial charge is 0.493 e. The van der Waals surface area contributed by atoms with Gasteiger partial charge in [0.15, 0.2) is 5.82 Å². The van der Waals surface area contributed by atoms with Crippen LogP contribution >= 0.6 is 0 Å². The quantitative estimate of drug-likeness (QED) is 0.410. The van der Waals surface area contributed by atoms with Crippen LogP contribution in [0.5, 0.6) is 5.75 Å². The summed E-state index contributed by atoms with van der Waals surface area (Å²) in [7, 11) is 0. The molecule has 0 aliphatic rings. The Morgan fingerprint density at radius 3 is 2.65 bits per heavy atom. The molecule has 2 rings (SSSR count). The lowest BCUT2D eigenvalue weighted by Gasteiger charge is -2.12. The topological polar surface area (TPSA) is 35.0 Å². The minimum atomic E-state index is 0.757. The summed E-state index contributed by atoms with van der Waals surface area (Å²) in [6.45, 7) is 7.56. The van der Waals surface area contributed by atoms with Gasteiger partial charge in [-0.2, -0.15) is 0 Å². The van der Waals surface area contributed by atoms with E-state index >= 15 is 0 Å². The van der Waals surface area contributed by atoms with Gasteiger partial charge in [-0.05, 0) is 43.4 Å². The van der Waals surface area contributed by atoms with Crippen LogP contribution in [0, 0.1) is 5.92 Å². The maximum atomic E-state index is 6.07. The van der Waals surface area contributed by atoms with E-state index in [2.05, 4.69) is 31.8 Å². The van der Waals surface area contributed by atoms with E-state index in [1.54, 1.807) is 0 Å². The first-order valence-electron chi connectivity index (χ1n) is 10.3. The summed E-state index contributed by atoms with van der Waals surface area (Å²) in [5.41, 5.74) is 2.10. The van der Waals surface area contributed by atoms with Crippen LogP contribution in [0.1, 0.15) is 71.4 Å². The molecule has 0 fully saturated rings. The normalized spacial score (nSPS) is 12.1. The Kier molecular flexibility index (Phi) is 9.16. The second-order valence-electron chi connectivity index (χ2n) is 7.18. The maximum absolute atomic E-state index is 6.07. The smallest absolute Gasteiger partial charge is 0.163 e. The van der Waals surface area contributed by atoms with E-state index in [0.29, 0.717) is 0 Å². The number of hydrogen-bond acceptors (Lipinski definition) is 3. The van der Waals surface area contributed by atoms with Crippen molar-refractivity contribution in [2.45, 2.75) is 72.1 Å². The van der Waals surface area contributed by atoms with E-state index in [1.807, 2.05) is 30.5 Å². The first-order valence-corrected chi connectivity index (χ1v) is 10.3. The number of ether oxygens (including phenoxy) is 1. The molecule has 142 valence electrons. The molecule has 3 nitrogen and oxygen atoms in total. The van der Waals surface area contributed by atoms with Gasteiger partial charge in [0, 0.05) is 11.9 Å². The van der Waals surface area contributed by atoms with E-state index in [9.17, 15) is 0 Å². The van der Waals surface area contributed by atoms with Crippen LogP contribution in [0.3, 0.4) is 0 Å². The fourth-order valence-corrected chi connectivity index (χ4v) is 2.96. The fraction of sp³-hybridized carbons (Fsp3) is 0.565. The maximum Gasteiger partial charge on any atom is 0.163 e. The SMILES string of the molecule is CCCCc1ccnc(-c2ccccc2OCCCCCC(C)CC)n1. The van der Waals surface area contributed by atoms with Gasteiger partial charge in [-0.1, -0.05) is 65.0 Å². The number of unbranched alkanes of at least 4 members (excludes halogenated alkanes) is 3. The number of nitrogens with zero attached hydrogens (tertiary/aromatic N) is 2. The summed E-state index contributed by atoms with van der Waals surface area (Å²) in [5, 5.41) is 0. The van der Waals surface area contributed by atoms with Crippen molar-refractivity contribution < 1.29 is 4.74 Å². The van der Waals surface area contributed by atoms with Gasteiger partial charge in [-0.25, -0.2) is 9.97 Å². The van der Waals surface area contributed by atoms with Gasteiger partial charge in [0.1, 0.15) is 5.75 Å². The monoisotopic (exact) mass is 354 g/mol. The number of benzene rings is 1. The highest BCUT2D eigenvalue weighted by molar-refractivity contribution is 5.63. The van der Waals surface area contributed by atoms with Crippen LogP contribution in [0.4, 0.5) is 0 Å². The molecule has 0 spiro atoms. The second kappa shape index (κ2) is 11.7. The average Bonchev–Trinajstić information content (AvgIpc) is 2.69. The lowest BCUT2D eigenvalue weighted by atomic mass is 10.0. The summed E-state index contributed by atoms with van der Waals surface area (Å²) in [6, 6.07) is 10.1. The van der Waals surface area contributed by atoms with E-state index < -0.39 is 0 Å². The molecule has 1 atom stereocenters. The van der Waals surface area contributed by atoms with Crippen molar-refractivity contribution in [2.24, 2.45) is 5.92 Å². The molecule has 0 saturated carbocycles. The van der Waals surface area contributed by atoms with Gasteiger partial charge < -0.3 is 4.74 Å². The van der Waals surface area contributed by atoms with Crippen LogP contribution in [-0.4, -0.2) is 16.6 Å². The summed E-state index contributed by atoms with van der Waals surface area (Å²) < 4.78 is 6.07. The molecule has 1 unspecified atom stereocenters. The molecule has 1 aromatic carbocycles. The Balaban J connectivity index is 1.91. The number of hydrogen-bond donors (Lipinski definition) is 0. The molecule has 0 aliphatic heterocycles. The van der Waals surface area contributed by atoms with Crippen LogP contribution in [0.15, 0.2) is 36.5 Å². The molecule has 26 heavy (non-hydrogen) atoms. The number of aryl methyl sites for hydroxylation is 1. The summed E-state index contributed by atoms with van der Waals surface area (Å²) in [4.78, 5) is 9.21. The van der Waals surface area contributed by atoms with Crippen molar-refractivity contribution >= 4 is 0 Å². The number of rotatable bonds is 12. The van der Waals surface area contributed by atoms with E-state index in [4.69, 9.17) is 9.72 Å². The number of para-hydroxylation sites is 1. The lowest BCUT2D eigenvalue weighted by molar-refractivity contribution is 0.303. The van der Waals surface area contributed by atoms with Gasteiger partial charge in [-0.15, -0.1) is 0 Å². The number of aromatic nitrogens is 2. The first-order chi connectivity index (χ1) is 12.7. The van der Waals surface area contributed by atoms with Gasteiger partial charge in [0.25, 0.3) is 0 Å². The van der Waals surface area contributed by atoms with Crippen molar-refractivity contribution in [2.75, 3.05) is 6.61 Å². The van der Waals surface area contributed by atoms with Crippen LogP contribution in [0.25, 0.3) is 11.4 Å². The highest BCUT2D eigenvalue weighted by Gasteiger charge is 2.09.